The Kier molecular flexibility index (Phi) is 4.18. The standard InChI is InChI=1S/C12H15N3O3S/c1-2-15-19(16,17)12-6-4-3-5-11(12)14-8-10-7-13-9-18-10/h3-7,9,14-15H,2,8H2,1H3. The van der Waals surface area contributed by atoms with Crippen molar-refractivity contribution < 1.29 is 12.8 Å². The molecule has 0 aliphatic heterocycles. The Labute approximate surface area is 111 Å². The molecule has 0 spiro atoms. The number of nitrogens with one attached hydrogen (secondary N) is 2. The first kappa shape index (κ1) is 13.6. The Balaban J connectivity index is 2.21. The van der Waals surface area contributed by atoms with Crippen LogP contribution >= 0.6 is 0 Å². The molecule has 0 radical (unpaired) electrons. The van der Waals surface area contributed by atoms with Crippen LogP contribution in [0.25, 0.3) is 0 Å². The second kappa shape index (κ2) is 5.85. The third-order valence-electron chi connectivity index (χ3n) is 2.45. The molecule has 6 nitrogen and oxygen atoms in total. The van der Waals surface area contributed by atoms with Gasteiger partial charge in [-0.25, -0.2) is 18.1 Å². The maximum absolute atomic E-state index is 12.0. The predicted molar refractivity (Wildman–Crippen MR) is 71.1 cm³/mol. The first-order chi connectivity index (χ1) is 9.13. The summed E-state index contributed by atoms with van der Waals surface area (Å²) in [6.07, 6.45) is 2.91. The molecule has 0 aliphatic rings. The molecule has 102 valence electrons. The van der Waals surface area contributed by atoms with Crippen LogP contribution in [0.2, 0.25) is 0 Å². The van der Waals surface area contributed by atoms with Gasteiger partial charge in [-0.15, -0.1) is 0 Å². The van der Waals surface area contributed by atoms with Crippen LogP contribution in [0.15, 0.2) is 46.2 Å². The summed E-state index contributed by atoms with van der Waals surface area (Å²) in [5.41, 5.74) is 0.528. The first-order valence-corrected chi connectivity index (χ1v) is 7.31. The number of aromatic nitrogens is 1. The SMILES string of the molecule is CCNS(=O)(=O)c1ccccc1NCc1cnco1. The van der Waals surface area contributed by atoms with Crippen LogP contribution in [0, 0.1) is 0 Å². The Morgan fingerprint density at radius 2 is 2.11 bits per heavy atom. The van der Waals surface area contributed by atoms with Gasteiger partial charge in [-0.05, 0) is 12.1 Å². The van der Waals surface area contributed by atoms with Crippen molar-refractivity contribution in [1.29, 1.82) is 0 Å². The van der Waals surface area contributed by atoms with Crippen molar-refractivity contribution in [2.24, 2.45) is 0 Å². The highest BCUT2D eigenvalue weighted by molar-refractivity contribution is 7.89. The van der Waals surface area contributed by atoms with Gasteiger partial charge in [-0.3, -0.25) is 0 Å². The summed E-state index contributed by atoms with van der Waals surface area (Å²) in [5, 5.41) is 3.03. The molecule has 0 unspecified atom stereocenters. The molecule has 0 saturated heterocycles. The number of hydrogen-bond acceptors (Lipinski definition) is 5. The fraction of sp³-hybridized carbons (Fsp3) is 0.250. The van der Waals surface area contributed by atoms with Gasteiger partial charge in [-0.2, -0.15) is 0 Å². The van der Waals surface area contributed by atoms with Crippen molar-refractivity contribution in [2.45, 2.75) is 18.4 Å². The van der Waals surface area contributed by atoms with Crippen LogP contribution in [0.1, 0.15) is 12.7 Å². The van der Waals surface area contributed by atoms with E-state index in [0.29, 0.717) is 24.5 Å². The van der Waals surface area contributed by atoms with Gasteiger partial charge >= 0.3 is 0 Å². The number of rotatable bonds is 6. The Morgan fingerprint density at radius 1 is 1.32 bits per heavy atom. The minimum absolute atomic E-state index is 0.219. The molecule has 0 saturated carbocycles. The lowest BCUT2D eigenvalue weighted by Gasteiger charge is -2.11. The Morgan fingerprint density at radius 3 is 2.79 bits per heavy atom. The average Bonchev–Trinajstić information content (AvgIpc) is 2.90. The lowest BCUT2D eigenvalue weighted by atomic mass is 10.3. The van der Waals surface area contributed by atoms with E-state index in [2.05, 4.69) is 15.0 Å². The van der Waals surface area contributed by atoms with Gasteiger partial charge in [0.15, 0.2) is 6.39 Å². The molecule has 1 aromatic heterocycles. The van der Waals surface area contributed by atoms with Crippen molar-refractivity contribution in [1.82, 2.24) is 9.71 Å². The van der Waals surface area contributed by atoms with E-state index < -0.39 is 10.0 Å². The molecule has 0 atom stereocenters. The van der Waals surface area contributed by atoms with Crippen molar-refractivity contribution >= 4 is 15.7 Å². The van der Waals surface area contributed by atoms with Gasteiger partial charge in [0.2, 0.25) is 10.0 Å². The zero-order valence-corrected chi connectivity index (χ0v) is 11.3. The predicted octanol–water partition coefficient (Wildman–Crippen LogP) is 1.58. The summed E-state index contributed by atoms with van der Waals surface area (Å²) in [4.78, 5) is 4.02. The molecule has 2 N–H and O–H groups in total. The molecule has 0 aliphatic carbocycles. The number of benzene rings is 1. The Hall–Kier alpha value is -1.86. The van der Waals surface area contributed by atoms with Gasteiger partial charge in [0.25, 0.3) is 0 Å². The van der Waals surface area contributed by atoms with Crippen molar-refractivity contribution in [2.75, 3.05) is 11.9 Å². The fourth-order valence-corrected chi connectivity index (χ4v) is 2.85. The highest BCUT2D eigenvalue weighted by atomic mass is 32.2. The lowest BCUT2D eigenvalue weighted by Crippen LogP contribution is -2.24. The largest absolute Gasteiger partial charge is 0.447 e. The van der Waals surface area contributed by atoms with Crippen LogP contribution < -0.4 is 10.0 Å². The molecule has 0 fully saturated rings. The van der Waals surface area contributed by atoms with Crippen molar-refractivity contribution in [3.05, 3.63) is 42.6 Å². The Bertz CT molecular complexity index is 623. The summed E-state index contributed by atoms with van der Waals surface area (Å²) in [6.45, 7) is 2.46. The van der Waals surface area contributed by atoms with Crippen molar-refractivity contribution in [3.63, 3.8) is 0 Å². The molecule has 2 rings (SSSR count). The normalized spacial score (nSPS) is 11.4. The number of nitrogens with zero attached hydrogens (tertiary/aromatic N) is 1. The van der Waals surface area contributed by atoms with Gasteiger partial charge in [-0.1, -0.05) is 19.1 Å². The first-order valence-electron chi connectivity index (χ1n) is 5.83. The van der Waals surface area contributed by atoms with E-state index in [9.17, 15) is 8.42 Å². The molecule has 2 aromatic rings. The van der Waals surface area contributed by atoms with E-state index >= 15 is 0 Å². The number of oxazole rings is 1. The smallest absolute Gasteiger partial charge is 0.242 e. The van der Waals surface area contributed by atoms with E-state index in [-0.39, 0.29) is 4.90 Å². The van der Waals surface area contributed by atoms with E-state index in [1.165, 1.54) is 6.39 Å². The number of sulfonamides is 1. The molecular formula is C12H15N3O3S. The quantitative estimate of drug-likeness (QED) is 0.840. The lowest BCUT2D eigenvalue weighted by molar-refractivity contribution is 0.511. The minimum Gasteiger partial charge on any atom is -0.447 e. The van der Waals surface area contributed by atoms with Crippen LogP contribution in [0.3, 0.4) is 0 Å². The highest BCUT2D eigenvalue weighted by Gasteiger charge is 2.16. The summed E-state index contributed by atoms with van der Waals surface area (Å²) >= 11 is 0. The van der Waals surface area contributed by atoms with E-state index in [1.54, 1.807) is 37.4 Å². The fourth-order valence-electron chi connectivity index (χ4n) is 1.63. The minimum atomic E-state index is -3.49. The van der Waals surface area contributed by atoms with Crippen LogP contribution in [0.5, 0.6) is 0 Å². The monoisotopic (exact) mass is 281 g/mol. The molecule has 19 heavy (non-hydrogen) atoms. The zero-order chi connectivity index (χ0) is 13.7. The van der Waals surface area contributed by atoms with Crippen LogP contribution in [-0.4, -0.2) is 19.9 Å². The molecule has 0 bridgehead atoms. The number of anilines is 1. The summed E-state index contributed by atoms with van der Waals surface area (Å²) in [7, 11) is -3.49. The zero-order valence-electron chi connectivity index (χ0n) is 10.5. The van der Waals surface area contributed by atoms with Crippen LogP contribution in [0.4, 0.5) is 5.69 Å². The van der Waals surface area contributed by atoms with E-state index in [1.807, 2.05) is 0 Å². The maximum Gasteiger partial charge on any atom is 0.242 e. The summed E-state index contributed by atoms with van der Waals surface area (Å²) < 4.78 is 31.6. The van der Waals surface area contributed by atoms with E-state index in [4.69, 9.17) is 4.42 Å². The number of hydrogen-bond donors (Lipinski definition) is 2. The highest BCUT2D eigenvalue weighted by Crippen LogP contribution is 2.21. The maximum atomic E-state index is 12.0. The third-order valence-corrected chi connectivity index (χ3v) is 4.05. The van der Waals surface area contributed by atoms with Crippen molar-refractivity contribution in [3.8, 4) is 0 Å². The average molecular weight is 281 g/mol. The molecular weight excluding hydrogens is 266 g/mol. The van der Waals surface area contributed by atoms with Gasteiger partial charge in [0.1, 0.15) is 10.7 Å². The summed E-state index contributed by atoms with van der Waals surface area (Å²) in [6, 6.07) is 6.72. The van der Waals surface area contributed by atoms with Crippen LogP contribution in [-0.2, 0) is 16.6 Å². The van der Waals surface area contributed by atoms with Gasteiger partial charge < -0.3 is 9.73 Å². The molecule has 1 aromatic carbocycles. The number of para-hydroxylation sites is 1. The molecule has 7 heteroatoms. The third kappa shape index (κ3) is 3.33. The molecule has 0 amide bonds. The second-order valence-corrected chi connectivity index (χ2v) is 5.55. The molecule has 1 heterocycles. The van der Waals surface area contributed by atoms with Gasteiger partial charge in [0.05, 0.1) is 18.4 Å². The second-order valence-electron chi connectivity index (χ2n) is 3.82. The van der Waals surface area contributed by atoms with Gasteiger partial charge in [0, 0.05) is 6.54 Å². The topological polar surface area (TPSA) is 84.2 Å². The van der Waals surface area contributed by atoms with E-state index in [0.717, 1.165) is 0 Å². The summed E-state index contributed by atoms with van der Waals surface area (Å²) in [5.74, 6) is 0.635.